The topological polar surface area (TPSA) is 44.5 Å². The summed E-state index contributed by atoms with van der Waals surface area (Å²) < 4.78 is 11.6. The van der Waals surface area contributed by atoms with Crippen molar-refractivity contribution in [3.05, 3.63) is 23.8 Å². The molecule has 0 radical (unpaired) electrons. The average molecular weight is 291 g/mol. The number of nitrogens with two attached hydrogens (primary N) is 1. The van der Waals surface area contributed by atoms with Gasteiger partial charge in [0.15, 0.2) is 0 Å². The normalized spacial score (nSPS) is 23.6. The molecular weight excluding hydrogens is 262 g/mol. The van der Waals surface area contributed by atoms with E-state index in [1.54, 1.807) is 7.11 Å². The van der Waals surface area contributed by atoms with Crippen molar-refractivity contribution in [2.24, 2.45) is 11.7 Å². The van der Waals surface area contributed by atoms with Crippen LogP contribution in [0.15, 0.2) is 18.2 Å². The second-order valence-electron chi connectivity index (χ2n) is 6.32. The number of rotatable bonds is 6. The molecule has 0 aliphatic heterocycles. The molecule has 2 N–H and O–H groups in total. The van der Waals surface area contributed by atoms with Crippen molar-refractivity contribution in [2.75, 3.05) is 7.11 Å². The molecule has 1 aromatic rings. The minimum absolute atomic E-state index is 0.136. The second-order valence-corrected chi connectivity index (χ2v) is 6.32. The molecule has 0 spiro atoms. The molecular formula is C18H29NO2. The van der Waals surface area contributed by atoms with Crippen LogP contribution in [0.25, 0.3) is 0 Å². The Morgan fingerprint density at radius 2 is 1.95 bits per heavy atom. The fourth-order valence-electron chi connectivity index (χ4n) is 3.12. The minimum atomic E-state index is 0.136. The predicted octanol–water partition coefficient (Wildman–Crippen LogP) is 3.93. The van der Waals surface area contributed by atoms with Crippen LogP contribution in [0.1, 0.15) is 51.5 Å². The Bertz CT molecular complexity index is 437. The summed E-state index contributed by atoms with van der Waals surface area (Å²) in [6.45, 7) is 4.31. The van der Waals surface area contributed by atoms with Crippen LogP contribution in [0.5, 0.6) is 11.5 Å². The Kier molecular flexibility index (Phi) is 5.92. The van der Waals surface area contributed by atoms with Gasteiger partial charge in [0.05, 0.1) is 13.2 Å². The van der Waals surface area contributed by atoms with Crippen molar-refractivity contribution in [1.29, 1.82) is 0 Å². The van der Waals surface area contributed by atoms with Crippen molar-refractivity contribution in [3.8, 4) is 11.5 Å². The molecule has 1 aliphatic carbocycles. The molecule has 0 heterocycles. The molecule has 1 aliphatic rings. The van der Waals surface area contributed by atoms with E-state index in [0.29, 0.717) is 6.10 Å². The van der Waals surface area contributed by atoms with Gasteiger partial charge in [0.1, 0.15) is 11.5 Å². The maximum absolute atomic E-state index is 6.29. The predicted molar refractivity (Wildman–Crippen MR) is 87.0 cm³/mol. The standard InChI is InChI=1S/C18H29NO2/c1-4-14-5-8-16(9-6-14)21-18-12-17(20-3)10-7-15(18)11-13(2)19/h7,10,12-14,16H,4-6,8-9,11,19H2,1-3H3. The number of hydrogen-bond donors (Lipinski definition) is 1. The zero-order valence-electron chi connectivity index (χ0n) is 13.6. The lowest BCUT2D eigenvalue weighted by Gasteiger charge is -2.29. The van der Waals surface area contributed by atoms with Gasteiger partial charge in [-0.15, -0.1) is 0 Å². The molecule has 3 heteroatoms. The molecule has 0 amide bonds. The average Bonchev–Trinajstić information content (AvgIpc) is 2.49. The van der Waals surface area contributed by atoms with E-state index in [2.05, 4.69) is 13.0 Å². The van der Waals surface area contributed by atoms with Crippen LogP contribution in [-0.2, 0) is 6.42 Å². The maximum atomic E-state index is 6.29. The van der Waals surface area contributed by atoms with Gasteiger partial charge in [-0.05, 0) is 56.6 Å². The van der Waals surface area contributed by atoms with Crippen LogP contribution in [0.2, 0.25) is 0 Å². The van der Waals surface area contributed by atoms with Gasteiger partial charge in [-0.1, -0.05) is 19.4 Å². The van der Waals surface area contributed by atoms with Crippen LogP contribution in [0, 0.1) is 5.92 Å². The monoisotopic (exact) mass is 291 g/mol. The third kappa shape index (κ3) is 4.63. The van der Waals surface area contributed by atoms with E-state index < -0.39 is 0 Å². The lowest BCUT2D eigenvalue weighted by Crippen LogP contribution is -2.25. The van der Waals surface area contributed by atoms with Gasteiger partial charge in [-0.3, -0.25) is 0 Å². The Morgan fingerprint density at radius 1 is 1.24 bits per heavy atom. The van der Waals surface area contributed by atoms with Crippen molar-refractivity contribution >= 4 is 0 Å². The molecule has 1 atom stereocenters. The largest absolute Gasteiger partial charge is 0.497 e. The molecule has 0 aromatic heterocycles. The van der Waals surface area contributed by atoms with Crippen molar-refractivity contribution in [1.82, 2.24) is 0 Å². The van der Waals surface area contributed by atoms with Crippen molar-refractivity contribution in [2.45, 2.75) is 64.5 Å². The summed E-state index contributed by atoms with van der Waals surface area (Å²) in [4.78, 5) is 0. The smallest absolute Gasteiger partial charge is 0.126 e. The van der Waals surface area contributed by atoms with Crippen molar-refractivity contribution in [3.63, 3.8) is 0 Å². The Hall–Kier alpha value is -1.22. The van der Waals surface area contributed by atoms with Gasteiger partial charge in [0.25, 0.3) is 0 Å². The molecule has 21 heavy (non-hydrogen) atoms. The first-order valence-electron chi connectivity index (χ1n) is 8.21. The number of methoxy groups -OCH3 is 1. The Balaban J connectivity index is 2.06. The Morgan fingerprint density at radius 3 is 2.52 bits per heavy atom. The van der Waals surface area contributed by atoms with Gasteiger partial charge in [0.2, 0.25) is 0 Å². The van der Waals surface area contributed by atoms with E-state index in [4.69, 9.17) is 15.2 Å². The summed E-state index contributed by atoms with van der Waals surface area (Å²) >= 11 is 0. The zero-order chi connectivity index (χ0) is 15.2. The van der Waals surface area contributed by atoms with E-state index in [-0.39, 0.29) is 6.04 Å². The molecule has 0 bridgehead atoms. The Labute approximate surface area is 128 Å². The van der Waals surface area contributed by atoms with Crippen LogP contribution < -0.4 is 15.2 Å². The van der Waals surface area contributed by atoms with Crippen LogP contribution in [0.3, 0.4) is 0 Å². The summed E-state index contributed by atoms with van der Waals surface area (Å²) in [5.74, 6) is 2.69. The minimum Gasteiger partial charge on any atom is -0.497 e. The molecule has 1 fully saturated rings. The van der Waals surface area contributed by atoms with Gasteiger partial charge in [-0.25, -0.2) is 0 Å². The zero-order valence-corrected chi connectivity index (χ0v) is 13.6. The van der Waals surface area contributed by atoms with E-state index in [1.165, 1.54) is 24.8 Å². The van der Waals surface area contributed by atoms with Crippen LogP contribution in [0.4, 0.5) is 0 Å². The van der Waals surface area contributed by atoms with E-state index in [1.807, 2.05) is 19.1 Å². The number of hydrogen-bond acceptors (Lipinski definition) is 3. The summed E-state index contributed by atoms with van der Waals surface area (Å²) in [5, 5.41) is 0. The van der Waals surface area contributed by atoms with E-state index in [9.17, 15) is 0 Å². The first kappa shape index (κ1) is 16.2. The molecule has 118 valence electrons. The maximum Gasteiger partial charge on any atom is 0.126 e. The van der Waals surface area contributed by atoms with Crippen LogP contribution in [-0.4, -0.2) is 19.3 Å². The molecule has 2 rings (SSSR count). The highest BCUT2D eigenvalue weighted by molar-refractivity contribution is 5.41. The summed E-state index contributed by atoms with van der Waals surface area (Å²) in [5.41, 5.74) is 7.13. The molecule has 1 aromatic carbocycles. The quantitative estimate of drug-likeness (QED) is 0.863. The molecule has 1 unspecified atom stereocenters. The number of benzene rings is 1. The highest BCUT2D eigenvalue weighted by Gasteiger charge is 2.22. The summed E-state index contributed by atoms with van der Waals surface area (Å²) in [6, 6.07) is 6.20. The van der Waals surface area contributed by atoms with Gasteiger partial charge < -0.3 is 15.2 Å². The van der Waals surface area contributed by atoms with E-state index in [0.717, 1.165) is 36.7 Å². The summed E-state index contributed by atoms with van der Waals surface area (Å²) in [6.07, 6.45) is 7.36. The van der Waals surface area contributed by atoms with Gasteiger partial charge in [0, 0.05) is 12.1 Å². The summed E-state index contributed by atoms with van der Waals surface area (Å²) in [7, 11) is 1.69. The molecule has 0 saturated heterocycles. The van der Waals surface area contributed by atoms with Gasteiger partial charge in [-0.2, -0.15) is 0 Å². The fraction of sp³-hybridized carbons (Fsp3) is 0.667. The SMILES string of the molecule is CCC1CCC(Oc2cc(OC)ccc2CC(C)N)CC1. The first-order chi connectivity index (χ1) is 10.1. The molecule has 3 nitrogen and oxygen atoms in total. The molecule has 1 saturated carbocycles. The third-order valence-electron chi connectivity index (χ3n) is 4.48. The second kappa shape index (κ2) is 7.69. The lowest BCUT2D eigenvalue weighted by molar-refractivity contribution is 0.128. The third-order valence-corrected chi connectivity index (χ3v) is 4.48. The fourth-order valence-corrected chi connectivity index (χ4v) is 3.12. The first-order valence-corrected chi connectivity index (χ1v) is 8.21. The lowest BCUT2D eigenvalue weighted by atomic mass is 9.86. The highest BCUT2D eigenvalue weighted by atomic mass is 16.5. The number of ether oxygens (including phenoxy) is 2. The van der Waals surface area contributed by atoms with Gasteiger partial charge >= 0.3 is 0 Å². The van der Waals surface area contributed by atoms with Crippen LogP contribution >= 0.6 is 0 Å². The highest BCUT2D eigenvalue weighted by Crippen LogP contribution is 2.32. The van der Waals surface area contributed by atoms with Crippen molar-refractivity contribution < 1.29 is 9.47 Å². The van der Waals surface area contributed by atoms with E-state index >= 15 is 0 Å².